The van der Waals surface area contributed by atoms with Gasteiger partial charge in [0.25, 0.3) is 0 Å². The van der Waals surface area contributed by atoms with Crippen LogP contribution in [0.15, 0.2) is 65.7 Å². The molecule has 0 unspecified atom stereocenters. The largest absolute Gasteiger partial charge is 0.480 e. The second-order valence-corrected chi connectivity index (χ2v) is 11.2. The normalized spacial score (nSPS) is 12.2. The van der Waals surface area contributed by atoms with Crippen molar-refractivity contribution in [1.82, 2.24) is 19.3 Å². The number of nitrogens with one attached hydrogen (secondary N) is 1. The average Bonchev–Trinajstić information content (AvgIpc) is 3.12. The number of aromatic nitrogens is 3. The Morgan fingerprint density at radius 1 is 1.06 bits per heavy atom. The number of nitrogens with zero attached hydrogens (tertiary/aromatic N) is 3. The van der Waals surface area contributed by atoms with Crippen molar-refractivity contribution in [1.29, 1.82) is 0 Å². The van der Waals surface area contributed by atoms with Gasteiger partial charge in [0.05, 0.1) is 18.1 Å². The summed E-state index contributed by atoms with van der Waals surface area (Å²) in [6.45, 7) is 6.07. The molecule has 0 radical (unpaired) electrons. The highest BCUT2D eigenvalue weighted by atomic mass is 32.2. The number of rotatable bonds is 8. The Morgan fingerprint density at radius 2 is 1.80 bits per heavy atom. The Bertz CT molecular complexity index is 1440. The van der Waals surface area contributed by atoms with E-state index in [1.54, 1.807) is 33.0 Å². The predicted molar refractivity (Wildman–Crippen MR) is 139 cm³/mol. The van der Waals surface area contributed by atoms with E-state index in [-0.39, 0.29) is 10.8 Å². The standard InChI is InChI=1S/C26H31N5O3S/c1-26(2,3)30-35(32,33)23-16-20(17-28-24(23)34-4)19-12-13-21-22(15-19)31(25(27)29-21)14-8-11-18-9-6-5-7-10-18/h5-7,9-10,12-13,15-17,30H,8,11,14H2,1-4H3,(H2,27,29). The van der Waals surface area contributed by atoms with Crippen LogP contribution < -0.4 is 15.2 Å². The highest BCUT2D eigenvalue weighted by Gasteiger charge is 2.27. The third-order valence-electron chi connectivity index (χ3n) is 5.54. The van der Waals surface area contributed by atoms with Gasteiger partial charge in [0.2, 0.25) is 21.9 Å². The molecular formula is C26H31N5O3S. The van der Waals surface area contributed by atoms with Gasteiger partial charge in [-0.05, 0) is 62.9 Å². The number of aryl methyl sites for hydroxylation is 2. The number of anilines is 1. The van der Waals surface area contributed by atoms with Gasteiger partial charge in [0.15, 0.2) is 0 Å². The Labute approximate surface area is 206 Å². The van der Waals surface area contributed by atoms with Crippen molar-refractivity contribution in [2.75, 3.05) is 12.8 Å². The first-order valence-electron chi connectivity index (χ1n) is 11.5. The molecule has 4 aromatic rings. The number of sulfonamides is 1. The number of fused-ring (bicyclic) bond motifs is 1. The molecule has 9 heteroatoms. The zero-order valence-electron chi connectivity index (χ0n) is 20.4. The molecule has 0 aliphatic carbocycles. The van der Waals surface area contributed by atoms with Crippen molar-refractivity contribution in [3.8, 4) is 17.0 Å². The highest BCUT2D eigenvalue weighted by molar-refractivity contribution is 7.89. The van der Waals surface area contributed by atoms with Crippen LogP contribution in [-0.4, -0.2) is 35.6 Å². The first kappa shape index (κ1) is 24.7. The number of hydrogen-bond donors (Lipinski definition) is 2. The van der Waals surface area contributed by atoms with Gasteiger partial charge < -0.3 is 15.0 Å². The number of pyridine rings is 1. The molecule has 8 nitrogen and oxygen atoms in total. The summed E-state index contributed by atoms with van der Waals surface area (Å²) in [4.78, 5) is 8.76. The summed E-state index contributed by atoms with van der Waals surface area (Å²) >= 11 is 0. The van der Waals surface area contributed by atoms with Crippen molar-refractivity contribution < 1.29 is 13.2 Å². The Morgan fingerprint density at radius 3 is 2.49 bits per heavy atom. The molecule has 2 heterocycles. The Balaban J connectivity index is 1.68. The lowest BCUT2D eigenvalue weighted by Gasteiger charge is -2.21. The molecule has 0 bridgehead atoms. The fourth-order valence-corrected chi connectivity index (χ4v) is 5.60. The predicted octanol–water partition coefficient (Wildman–Crippen LogP) is 4.40. The van der Waals surface area contributed by atoms with Gasteiger partial charge in [0.1, 0.15) is 4.90 Å². The molecule has 2 aromatic heterocycles. The lowest BCUT2D eigenvalue weighted by Crippen LogP contribution is -2.40. The van der Waals surface area contributed by atoms with Gasteiger partial charge >= 0.3 is 0 Å². The van der Waals surface area contributed by atoms with Crippen LogP contribution in [-0.2, 0) is 23.0 Å². The molecule has 0 saturated heterocycles. The second-order valence-electron chi connectivity index (χ2n) is 9.50. The van der Waals surface area contributed by atoms with Crippen LogP contribution in [0.1, 0.15) is 32.8 Å². The van der Waals surface area contributed by atoms with Crippen molar-refractivity contribution in [3.05, 3.63) is 66.4 Å². The first-order valence-corrected chi connectivity index (χ1v) is 12.9. The molecule has 0 fully saturated rings. The molecule has 184 valence electrons. The number of nitrogen functional groups attached to an aromatic ring is 1. The topological polar surface area (TPSA) is 112 Å². The maximum atomic E-state index is 13.1. The van der Waals surface area contributed by atoms with Gasteiger partial charge in [-0.25, -0.2) is 23.1 Å². The van der Waals surface area contributed by atoms with E-state index in [1.807, 2.05) is 41.0 Å². The summed E-state index contributed by atoms with van der Waals surface area (Å²) in [6.07, 6.45) is 3.45. The summed E-state index contributed by atoms with van der Waals surface area (Å²) in [5.41, 5.74) is 10.00. The summed E-state index contributed by atoms with van der Waals surface area (Å²) < 4.78 is 36.0. The van der Waals surface area contributed by atoms with E-state index in [9.17, 15) is 8.42 Å². The second kappa shape index (κ2) is 9.67. The third kappa shape index (κ3) is 5.63. The van der Waals surface area contributed by atoms with Gasteiger partial charge in [0, 0.05) is 23.8 Å². The quantitative estimate of drug-likeness (QED) is 0.376. The summed E-state index contributed by atoms with van der Waals surface area (Å²) in [5.74, 6) is 0.498. The molecule has 0 saturated carbocycles. The molecule has 2 aromatic carbocycles. The SMILES string of the molecule is COc1ncc(-c2ccc3nc(N)n(CCCc4ccccc4)c3c2)cc1S(=O)(=O)NC(C)(C)C. The molecule has 0 amide bonds. The minimum atomic E-state index is -3.85. The van der Waals surface area contributed by atoms with Crippen molar-refractivity contribution >= 4 is 27.0 Å². The summed E-state index contributed by atoms with van der Waals surface area (Å²) in [5, 5.41) is 0. The molecule has 0 aliphatic heterocycles. The maximum absolute atomic E-state index is 13.1. The fourth-order valence-electron chi connectivity index (χ4n) is 4.04. The zero-order chi connectivity index (χ0) is 25.2. The van der Waals surface area contributed by atoms with E-state index in [2.05, 4.69) is 26.8 Å². The number of ether oxygens (including phenoxy) is 1. The molecule has 4 rings (SSSR count). The highest BCUT2D eigenvalue weighted by Crippen LogP contribution is 2.31. The lowest BCUT2D eigenvalue weighted by molar-refractivity contribution is 0.384. The molecule has 35 heavy (non-hydrogen) atoms. The van der Waals surface area contributed by atoms with Gasteiger partial charge in [-0.15, -0.1) is 0 Å². The van der Waals surface area contributed by atoms with Crippen LogP contribution in [0.5, 0.6) is 5.88 Å². The van der Waals surface area contributed by atoms with Gasteiger partial charge in [-0.1, -0.05) is 36.4 Å². The average molecular weight is 494 g/mol. The number of imidazole rings is 1. The van der Waals surface area contributed by atoms with Crippen LogP contribution in [0.25, 0.3) is 22.2 Å². The lowest BCUT2D eigenvalue weighted by atomic mass is 10.1. The van der Waals surface area contributed by atoms with Crippen LogP contribution in [0.2, 0.25) is 0 Å². The van der Waals surface area contributed by atoms with Crippen LogP contribution in [0, 0.1) is 0 Å². The number of methoxy groups -OCH3 is 1. The minimum absolute atomic E-state index is 0.0107. The fraction of sp³-hybridized carbons (Fsp3) is 0.308. The molecular weight excluding hydrogens is 462 g/mol. The molecule has 3 N–H and O–H groups in total. The van der Waals surface area contributed by atoms with Crippen LogP contribution in [0.3, 0.4) is 0 Å². The van der Waals surface area contributed by atoms with Crippen molar-refractivity contribution in [2.45, 2.75) is 50.6 Å². The van der Waals surface area contributed by atoms with Crippen molar-refractivity contribution in [3.63, 3.8) is 0 Å². The van der Waals surface area contributed by atoms with E-state index in [1.165, 1.54) is 12.7 Å². The number of benzene rings is 2. The molecule has 0 spiro atoms. The smallest absolute Gasteiger partial charge is 0.246 e. The monoisotopic (exact) mass is 493 g/mol. The Kier molecular flexibility index (Phi) is 6.82. The zero-order valence-corrected chi connectivity index (χ0v) is 21.3. The summed E-state index contributed by atoms with van der Waals surface area (Å²) in [7, 11) is -2.45. The van der Waals surface area contributed by atoms with E-state index in [4.69, 9.17) is 10.5 Å². The van der Waals surface area contributed by atoms with Gasteiger partial charge in [-0.2, -0.15) is 0 Å². The molecule has 0 aliphatic rings. The van der Waals surface area contributed by atoms with Crippen LogP contribution in [0.4, 0.5) is 5.95 Å². The number of hydrogen-bond acceptors (Lipinski definition) is 6. The third-order valence-corrected chi connectivity index (χ3v) is 7.30. The van der Waals surface area contributed by atoms with E-state index < -0.39 is 15.6 Å². The van der Waals surface area contributed by atoms with Crippen LogP contribution >= 0.6 is 0 Å². The summed E-state index contributed by atoms with van der Waals surface area (Å²) in [6, 6.07) is 17.7. The molecule has 0 atom stereocenters. The first-order chi connectivity index (χ1) is 16.6. The van der Waals surface area contributed by atoms with Crippen molar-refractivity contribution in [2.24, 2.45) is 0 Å². The van der Waals surface area contributed by atoms with Gasteiger partial charge in [-0.3, -0.25) is 0 Å². The maximum Gasteiger partial charge on any atom is 0.246 e. The minimum Gasteiger partial charge on any atom is -0.480 e. The number of nitrogens with two attached hydrogens (primary N) is 1. The van der Waals surface area contributed by atoms with E-state index in [0.29, 0.717) is 11.5 Å². The Hall–Kier alpha value is -3.43. The van der Waals surface area contributed by atoms with E-state index >= 15 is 0 Å². The van der Waals surface area contributed by atoms with E-state index in [0.717, 1.165) is 36.0 Å².